The first kappa shape index (κ1) is 30.0. The first-order valence-electron chi connectivity index (χ1n) is 15.0. The molecule has 3 aromatic carbocycles. The highest BCUT2D eigenvalue weighted by molar-refractivity contribution is 5.71. The van der Waals surface area contributed by atoms with Crippen LogP contribution < -0.4 is 14.8 Å². The molecule has 1 fully saturated rings. The van der Waals surface area contributed by atoms with E-state index in [-0.39, 0.29) is 6.09 Å². The Morgan fingerprint density at radius 2 is 1.51 bits per heavy atom. The fourth-order valence-corrected chi connectivity index (χ4v) is 5.04. The average molecular weight is 580 g/mol. The summed E-state index contributed by atoms with van der Waals surface area (Å²) in [5.41, 5.74) is 4.59. The number of likely N-dealkylation sites (tertiary alicyclic amines) is 1. The van der Waals surface area contributed by atoms with Crippen molar-refractivity contribution in [2.24, 2.45) is 5.92 Å². The zero-order chi connectivity index (χ0) is 30.1. The van der Waals surface area contributed by atoms with E-state index in [2.05, 4.69) is 29.6 Å². The molecule has 2 heterocycles. The predicted octanol–water partition coefficient (Wildman–Crippen LogP) is 7.97. The molecular weight excluding hydrogens is 538 g/mol. The van der Waals surface area contributed by atoms with Crippen LogP contribution in [0.1, 0.15) is 44.7 Å². The molecule has 43 heavy (non-hydrogen) atoms. The first-order valence-corrected chi connectivity index (χ1v) is 15.0. The van der Waals surface area contributed by atoms with Crippen LogP contribution in [0.2, 0.25) is 0 Å². The fourth-order valence-electron chi connectivity index (χ4n) is 5.04. The summed E-state index contributed by atoms with van der Waals surface area (Å²) in [5, 5.41) is 3.56. The Balaban J connectivity index is 1.24. The monoisotopic (exact) mass is 579 g/mol. The molecule has 7 heteroatoms. The Morgan fingerprint density at radius 3 is 2.16 bits per heavy atom. The minimum Gasteiger partial charge on any atom is -0.473 e. The molecule has 5 rings (SSSR count). The summed E-state index contributed by atoms with van der Waals surface area (Å²) in [6.07, 6.45) is 1.84. The van der Waals surface area contributed by atoms with E-state index in [1.807, 2.05) is 98.5 Å². The number of ether oxygens (including phenoxy) is 3. The van der Waals surface area contributed by atoms with Gasteiger partial charge in [0.15, 0.2) is 0 Å². The van der Waals surface area contributed by atoms with Crippen LogP contribution in [0.5, 0.6) is 11.8 Å². The van der Waals surface area contributed by atoms with Crippen molar-refractivity contribution in [3.8, 4) is 22.9 Å². The molecular formula is C36H41N3O4. The van der Waals surface area contributed by atoms with Crippen LogP contribution in [0.3, 0.4) is 0 Å². The van der Waals surface area contributed by atoms with Gasteiger partial charge in [0.25, 0.3) is 0 Å². The third-order valence-electron chi connectivity index (χ3n) is 7.24. The van der Waals surface area contributed by atoms with E-state index < -0.39 is 5.60 Å². The SMILES string of the molecule is CC(C)(C)OC(=O)N1CCC[C@H](CNc2ccc(-c3ccc(OCc4ccccc4)nc3OCc3ccccc3)cc2)C1. The maximum atomic E-state index is 12.5. The molecule has 1 aliphatic heterocycles. The van der Waals surface area contributed by atoms with Crippen LogP contribution in [-0.4, -0.2) is 41.2 Å². The summed E-state index contributed by atoms with van der Waals surface area (Å²) in [6.45, 7) is 8.79. The third-order valence-corrected chi connectivity index (χ3v) is 7.24. The second-order valence-electron chi connectivity index (χ2n) is 11.9. The molecule has 1 N–H and O–H groups in total. The molecule has 0 radical (unpaired) electrons. The standard InChI is InChI=1S/C36H41N3O4/c1-36(2,3)43-35(40)39-22-10-15-29(24-39)23-37-31-18-16-30(17-19-31)32-20-21-33(41-25-27-11-6-4-7-12-27)38-34(32)42-26-28-13-8-5-9-14-28/h4-9,11-14,16-21,29,37H,10,15,22-26H2,1-3H3/t29-/m1/s1. The van der Waals surface area contributed by atoms with Gasteiger partial charge in [0.2, 0.25) is 11.8 Å². The number of benzene rings is 3. The predicted molar refractivity (Wildman–Crippen MR) is 170 cm³/mol. The molecule has 0 saturated carbocycles. The van der Waals surface area contributed by atoms with Crippen LogP contribution in [0.25, 0.3) is 11.1 Å². The molecule has 1 aliphatic rings. The Bertz CT molecular complexity index is 1450. The molecule has 1 aromatic heterocycles. The maximum Gasteiger partial charge on any atom is 0.410 e. The lowest BCUT2D eigenvalue weighted by atomic mass is 9.98. The minimum atomic E-state index is -0.485. The lowest BCUT2D eigenvalue weighted by Gasteiger charge is -2.34. The molecule has 1 amide bonds. The van der Waals surface area contributed by atoms with Crippen molar-refractivity contribution in [2.75, 3.05) is 25.0 Å². The highest BCUT2D eigenvalue weighted by atomic mass is 16.6. The number of amides is 1. The fraction of sp³-hybridized carbons (Fsp3) is 0.333. The number of carbonyl (C=O) groups is 1. The van der Waals surface area contributed by atoms with E-state index in [1.54, 1.807) is 0 Å². The Labute approximate surface area is 254 Å². The van der Waals surface area contributed by atoms with Gasteiger partial charge in [-0.3, -0.25) is 0 Å². The van der Waals surface area contributed by atoms with Gasteiger partial charge in [-0.1, -0.05) is 72.8 Å². The maximum absolute atomic E-state index is 12.5. The zero-order valence-electron chi connectivity index (χ0n) is 25.3. The summed E-state index contributed by atoms with van der Waals surface area (Å²) < 4.78 is 17.8. The van der Waals surface area contributed by atoms with Gasteiger partial charge in [0.1, 0.15) is 18.8 Å². The van der Waals surface area contributed by atoms with Crippen molar-refractivity contribution in [2.45, 2.75) is 52.4 Å². The highest BCUT2D eigenvalue weighted by Crippen LogP contribution is 2.32. The lowest BCUT2D eigenvalue weighted by molar-refractivity contribution is 0.0172. The number of hydrogen-bond acceptors (Lipinski definition) is 6. The molecule has 0 aliphatic carbocycles. The largest absolute Gasteiger partial charge is 0.473 e. The van der Waals surface area contributed by atoms with Gasteiger partial charge in [-0.05, 0) is 74.4 Å². The van der Waals surface area contributed by atoms with Gasteiger partial charge < -0.3 is 24.4 Å². The molecule has 4 aromatic rings. The van der Waals surface area contributed by atoms with E-state index in [9.17, 15) is 4.79 Å². The molecule has 1 atom stereocenters. The summed E-state index contributed by atoms with van der Waals surface area (Å²) in [6, 6.07) is 32.3. The highest BCUT2D eigenvalue weighted by Gasteiger charge is 2.27. The summed E-state index contributed by atoms with van der Waals surface area (Å²) >= 11 is 0. The van der Waals surface area contributed by atoms with Gasteiger partial charge in [-0.25, -0.2) is 4.79 Å². The van der Waals surface area contributed by atoms with Crippen molar-refractivity contribution in [1.82, 2.24) is 9.88 Å². The minimum absolute atomic E-state index is 0.225. The number of carbonyl (C=O) groups excluding carboxylic acids is 1. The topological polar surface area (TPSA) is 72.9 Å². The molecule has 0 unspecified atom stereocenters. The first-order chi connectivity index (χ1) is 20.8. The van der Waals surface area contributed by atoms with Gasteiger partial charge in [0.05, 0.1) is 0 Å². The van der Waals surface area contributed by atoms with E-state index in [0.717, 1.165) is 53.9 Å². The number of pyridine rings is 1. The van der Waals surface area contributed by atoms with E-state index >= 15 is 0 Å². The lowest BCUT2D eigenvalue weighted by Crippen LogP contribution is -2.44. The average Bonchev–Trinajstić information content (AvgIpc) is 3.02. The van der Waals surface area contributed by atoms with Gasteiger partial charge in [0, 0.05) is 37.0 Å². The van der Waals surface area contributed by atoms with Crippen LogP contribution in [0.4, 0.5) is 10.5 Å². The van der Waals surface area contributed by atoms with Crippen molar-refractivity contribution in [1.29, 1.82) is 0 Å². The number of nitrogens with one attached hydrogen (secondary N) is 1. The van der Waals surface area contributed by atoms with E-state index in [1.165, 1.54) is 0 Å². The molecule has 7 nitrogen and oxygen atoms in total. The molecule has 0 bridgehead atoms. The zero-order valence-corrected chi connectivity index (χ0v) is 25.3. The number of anilines is 1. The molecule has 0 spiro atoms. The van der Waals surface area contributed by atoms with Gasteiger partial charge in [-0.15, -0.1) is 0 Å². The number of nitrogens with zero attached hydrogens (tertiary/aromatic N) is 2. The number of piperidine rings is 1. The van der Waals surface area contributed by atoms with Crippen molar-refractivity contribution in [3.63, 3.8) is 0 Å². The van der Waals surface area contributed by atoms with Crippen LogP contribution in [-0.2, 0) is 18.0 Å². The Morgan fingerprint density at radius 1 is 0.860 bits per heavy atom. The summed E-state index contributed by atoms with van der Waals surface area (Å²) in [7, 11) is 0. The Hall–Kier alpha value is -4.52. The summed E-state index contributed by atoms with van der Waals surface area (Å²) in [4.78, 5) is 19.1. The van der Waals surface area contributed by atoms with Crippen molar-refractivity contribution < 1.29 is 19.0 Å². The van der Waals surface area contributed by atoms with Gasteiger partial charge >= 0.3 is 6.09 Å². The molecule has 224 valence electrons. The van der Waals surface area contributed by atoms with Gasteiger partial charge in [-0.2, -0.15) is 4.98 Å². The quantitative estimate of drug-likeness (QED) is 0.205. The summed E-state index contributed by atoms with van der Waals surface area (Å²) in [5.74, 6) is 1.41. The van der Waals surface area contributed by atoms with Crippen molar-refractivity contribution >= 4 is 11.8 Å². The van der Waals surface area contributed by atoms with Crippen LogP contribution >= 0.6 is 0 Å². The van der Waals surface area contributed by atoms with Crippen molar-refractivity contribution in [3.05, 3.63) is 108 Å². The molecule has 1 saturated heterocycles. The van der Waals surface area contributed by atoms with Crippen LogP contribution in [0, 0.1) is 5.92 Å². The van der Waals surface area contributed by atoms with E-state index in [0.29, 0.717) is 37.4 Å². The second-order valence-corrected chi connectivity index (χ2v) is 11.9. The Kier molecular flexibility index (Phi) is 9.82. The second kappa shape index (κ2) is 14.1. The number of hydrogen-bond donors (Lipinski definition) is 1. The smallest absolute Gasteiger partial charge is 0.410 e. The number of aromatic nitrogens is 1. The normalized spacial score (nSPS) is 15.0. The van der Waals surface area contributed by atoms with Crippen LogP contribution in [0.15, 0.2) is 97.1 Å². The number of rotatable bonds is 10. The third kappa shape index (κ3) is 8.98. The van der Waals surface area contributed by atoms with E-state index in [4.69, 9.17) is 19.2 Å².